The summed E-state index contributed by atoms with van der Waals surface area (Å²) < 4.78 is 10.5. The van der Waals surface area contributed by atoms with Crippen LogP contribution in [0.25, 0.3) is 0 Å². The van der Waals surface area contributed by atoms with Crippen LogP contribution in [0.3, 0.4) is 0 Å². The van der Waals surface area contributed by atoms with E-state index in [1.165, 1.54) is 0 Å². The number of ether oxygens (including phenoxy) is 1. The molecule has 0 aliphatic rings. The second-order valence-corrected chi connectivity index (χ2v) is 5.87. The standard InChI is InChI=1S/C18H23N3O4/c1-11-5-6-12(2)17(14(11)4)24-10-16(22)19-7-8-20-18(23)15-9-13(3)25-21-15/h5-6,9H,7-8,10H2,1-4H3,(H,19,22)(H,20,23). The number of nitrogens with one attached hydrogen (secondary N) is 2. The first-order valence-corrected chi connectivity index (χ1v) is 8.06. The highest BCUT2D eigenvalue weighted by Gasteiger charge is 2.11. The van der Waals surface area contributed by atoms with Crippen LogP contribution in [0, 0.1) is 27.7 Å². The number of aromatic nitrogens is 1. The summed E-state index contributed by atoms with van der Waals surface area (Å²) in [5, 5.41) is 8.97. The van der Waals surface area contributed by atoms with E-state index in [2.05, 4.69) is 15.8 Å². The quantitative estimate of drug-likeness (QED) is 0.747. The van der Waals surface area contributed by atoms with Gasteiger partial charge in [-0.15, -0.1) is 0 Å². The van der Waals surface area contributed by atoms with Crippen LogP contribution in [0.15, 0.2) is 22.7 Å². The first-order chi connectivity index (χ1) is 11.9. The smallest absolute Gasteiger partial charge is 0.273 e. The first kappa shape index (κ1) is 18.5. The number of hydrogen-bond acceptors (Lipinski definition) is 5. The lowest BCUT2D eigenvalue weighted by Gasteiger charge is -2.14. The first-order valence-electron chi connectivity index (χ1n) is 8.06. The third kappa shape index (κ3) is 5.07. The van der Waals surface area contributed by atoms with Gasteiger partial charge in [0, 0.05) is 19.2 Å². The molecule has 0 aliphatic carbocycles. The topological polar surface area (TPSA) is 93.5 Å². The van der Waals surface area contributed by atoms with Crippen LogP contribution >= 0.6 is 0 Å². The van der Waals surface area contributed by atoms with Gasteiger partial charge in [-0.2, -0.15) is 0 Å². The van der Waals surface area contributed by atoms with Gasteiger partial charge in [-0.25, -0.2) is 0 Å². The van der Waals surface area contributed by atoms with E-state index in [1.54, 1.807) is 13.0 Å². The molecule has 2 N–H and O–H groups in total. The summed E-state index contributed by atoms with van der Waals surface area (Å²) in [5.74, 6) is 0.724. The van der Waals surface area contributed by atoms with Crippen LogP contribution < -0.4 is 15.4 Å². The summed E-state index contributed by atoms with van der Waals surface area (Å²) in [6, 6.07) is 5.54. The number of benzene rings is 1. The van der Waals surface area contributed by atoms with Crippen LogP contribution in [-0.2, 0) is 4.79 Å². The second kappa shape index (κ2) is 8.32. The van der Waals surface area contributed by atoms with Crippen molar-refractivity contribution in [2.75, 3.05) is 19.7 Å². The maximum absolute atomic E-state index is 11.9. The predicted molar refractivity (Wildman–Crippen MR) is 92.7 cm³/mol. The largest absolute Gasteiger partial charge is 0.483 e. The van der Waals surface area contributed by atoms with E-state index in [4.69, 9.17) is 9.26 Å². The summed E-state index contributed by atoms with van der Waals surface area (Å²) in [6.07, 6.45) is 0. The van der Waals surface area contributed by atoms with Crippen molar-refractivity contribution in [1.82, 2.24) is 15.8 Å². The molecule has 1 aromatic carbocycles. The van der Waals surface area contributed by atoms with E-state index in [9.17, 15) is 9.59 Å². The molecule has 0 saturated carbocycles. The van der Waals surface area contributed by atoms with Crippen molar-refractivity contribution in [3.8, 4) is 5.75 Å². The van der Waals surface area contributed by atoms with Crippen molar-refractivity contribution in [2.24, 2.45) is 0 Å². The molecule has 0 atom stereocenters. The zero-order valence-corrected chi connectivity index (χ0v) is 14.9. The lowest BCUT2D eigenvalue weighted by Crippen LogP contribution is -2.37. The Bertz CT molecular complexity index is 768. The normalized spacial score (nSPS) is 10.4. The molecule has 0 bridgehead atoms. The SMILES string of the molecule is Cc1cc(C(=O)NCCNC(=O)COc2c(C)ccc(C)c2C)no1. The van der Waals surface area contributed by atoms with E-state index in [-0.39, 0.29) is 24.1 Å². The van der Waals surface area contributed by atoms with Crippen molar-refractivity contribution in [1.29, 1.82) is 0 Å². The van der Waals surface area contributed by atoms with Crippen LogP contribution in [0.1, 0.15) is 32.9 Å². The fraction of sp³-hybridized carbons (Fsp3) is 0.389. The maximum Gasteiger partial charge on any atom is 0.273 e. The summed E-state index contributed by atoms with van der Waals surface area (Å²) in [5.41, 5.74) is 3.36. The molecule has 0 aliphatic heterocycles. The number of aryl methyl sites for hydroxylation is 3. The van der Waals surface area contributed by atoms with E-state index < -0.39 is 0 Å². The van der Waals surface area contributed by atoms with Gasteiger partial charge in [-0.1, -0.05) is 17.3 Å². The molecule has 0 radical (unpaired) electrons. The highest BCUT2D eigenvalue weighted by Crippen LogP contribution is 2.25. The molecule has 0 spiro atoms. The van der Waals surface area contributed by atoms with E-state index in [1.807, 2.05) is 32.9 Å². The number of rotatable bonds is 7. The van der Waals surface area contributed by atoms with Gasteiger partial charge in [0.15, 0.2) is 12.3 Å². The lowest BCUT2D eigenvalue weighted by atomic mass is 10.1. The number of nitrogens with zero attached hydrogens (tertiary/aromatic N) is 1. The average Bonchev–Trinajstić information content (AvgIpc) is 3.01. The fourth-order valence-corrected chi connectivity index (χ4v) is 2.28. The monoisotopic (exact) mass is 345 g/mol. The predicted octanol–water partition coefficient (Wildman–Crippen LogP) is 1.83. The Morgan fingerprint density at radius 3 is 2.44 bits per heavy atom. The van der Waals surface area contributed by atoms with Gasteiger partial charge in [0.05, 0.1) is 0 Å². The molecule has 25 heavy (non-hydrogen) atoms. The molecule has 0 unspecified atom stereocenters. The van der Waals surface area contributed by atoms with Gasteiger partial charge in [0.2, 0.25) is 0 Å². The Kier molecular flexibility index (Phi) is 6.16. The minimum absolute atomic E-state index is 0.0679. The molecule has 2 rings (SSSR count). The zero-order valence-electron chi connectivity index (χ0n) is 14.9. The van der Waals surface area contributed by atoms with Gasteiger partial charge < -0.3 is 19.9 Å². The molecule has 0 fully saturated rings. The third-order valence-electron chi connectivity index (χ3n) is 3.81. The Hall–Kier alpha value is -2.83. The number of carbonyl (C=O) groups is 2. The Labute approximate surface area is 146 Å². The second-order valence-electron chi connectivity index (χ2n) is 5.87. The summed E-state index contributed by atoms with van der Waals surface area (Å²) in [4.78, 5) is 23.6. The van der Waals surface area contributed by atoms with Gasteiger partial charge >= 0.3 is 0 Å². The van der Waals surface area contributed by atoms with Gasteiger partial charge in [-0.05, 0) is 44.4 Å². The highest BCUT2D eigenvalue weighted by atomic mass is 16.5. The summed E-state index contributed by atoms with van der Waals surface area (Å²) in [6.45, 7) is 8.15. The van der Waals surface area contributed by atoms with Crippen molar-refractivity contribution in [3.63, 3.8) is 0 Å². The minimum atomic E-state index is -0.339. The number of hydrogen-bond donors (Lipinski definition) is 2. The molecular formula is C18H23N3O4. The van der Waals surface area contributed by atoms with Crippen LogP contribution in [0.5, 0.6) is 5.75 Å². The van der Waals surface area contributed by atoms with Crippen molar-refractivity contribution in [3.05, 3.63) is 46.3 Å². The Balaban J connectivity index is 1.71. The number of amides is 2. The zero-order chi connectivity index (χ0) is 18.4. The molecule has 1 heterocycles. The number of carbonyl (C=O) groups excluding carboxylic acids is 2. The highest BCUT2D eigenvalue weighted by molar-refractivity contribution is 5.92. The van der Waals surface area contributed by atoms with Crippen molar-refractivity contribution < 1.29 is 18.8 Å². The van der Waals surface area contributed by atoms with Gasteiger partial charge in [0.1, 0.15) is 11.5 Å². The van der Waals surface area contributed by atoms with Crippen LogP contribution in [0.4, 0.5) is 0 Å². The molecule has 134 valence electrons. The van der Waals surface area contributed by atoms with Crippen LogP contribution in [0.2, 0.25) is 0 Å². The van der Waals surface area contributed by atoms with E-state index in [0.717, 1.165) is 22.4 Å². The molecule has 0 saturated heterocycles. The van der Waals surface area contributed by atoms with Gasteiger partial charge in [-0.3, -0.25) is 9.59 Å². The van der Waals surface area contributed by atoms with Gasteiger partial charge in [0.25, 0.3) is 11.8 Å². The summed E-state index contributed by atoms with van der Waals surface area (Å²) in [7, 11) is 0. The van der Waals surface area contributed by atoms with E-state index >= 15 is 0 Å². The average molecular weight is 345 g/mol. The van der Waals surface area contributed by atoms with Crippen molar-refractivity contribution >= 4 is 11.8 Å². The molecule has 7 nitrogen and oxygen atoms in total. The fourth-order valence-electron chi connectivity index (χ4n) is 2.28. The Morgan fingerprint density at radius 1 is 1.08 bits per heavy atom. The molecular weight excluding hydrogens is 322 g/mol. The minimum Gasteiger partial charge on any atom is -0.483 e. The molecule has 2 aromatic rings. The maximum atomic E-state index is 11.9. The lowest BCUT2D eigenvalue weighted by molar-refractivity contribution is -0.123. The van der Waals surface area contributed by atoms with E-state index in [0.29, 0.717) is 18.8 Å². The summed E-state index contributed by atoms with van der Waals surface area (Å²) >= 11 is 0. The molecule has 2 amide bonds. The molecule has 7 heteroatoms. The Morgan fingerprint density at radius 2 is 1.76 bits per heavy atom. The third-order valence-corrected chi connectivity index (χ3v) is 3.81. The van der Waals surface area contributed by atoms with Crippen molar-refractivity contribution in [2.45, 2.75) is 27.7 Å². The molecule has 1 aromatic heterocycles. The van der Waals surface area contributed by atoms with Crippen LogP contribution in [-0.4, -0.2) is 36.7 Å².